The van der Waals surface area contributed by atoms with Gasteiger partial charge in [-0.05, 0) is 25.9 Å². The molecule has 0 aromatic rings. The summed E-state index contributed by atoms with van der Waals surface area (Å²) in [6, 6.07) is 0. The molecular formula is C21H45N. The fourth-order valence-electron chi connectivity index (χ4n) is 3.15. The zero-order valence-electron chi connectivity index (χ0n) is 16.1. The van der Waals surface area contributed by atoms with Crippen molar-refractivity contribution in [3.63, 3.8) is 0 Å². The Kier molecular flexibility index (Phi) is 19.0. The van der Waals surface area contributed by atoms with Crippen LogP contribution in [0.1, 0.15) is 117 Å². The Hall–Kier alpha value is -0.0400. The lowest BCUT2D eigenvalue weighted by atomic mass is 10.0. The van der Waals surface area contributed by atoms with Crippen LogP contribution in [0.15, 0.2) is 0 Å². The second-order valence-electron chi connectivity index (χ2n) is 7.59. The van der Waals surface area contributed by atoms with Gasteiger partial charge in [0.15, 0.2) is 0 Å². The predicted molar refractivity (Wildman–Crippen MR) is 103 cm³/mol. The molecule has 1 N–H and O–H groups in total. The molecule has 0 aliphatic rings. The Morgan fingerprint density at radius 1 is 0.500 bits per heavy atom. The maximum atomic E-state index is 3.22. The maximum Gasteiger partial charge on any atom is -0.00519 e. The van der Waals surface area contributed by atoms with Crippen LogP contribution in [0.25, 0.3) is 0 Å². The molecule has 0 amide bonds. The van der Waals surface area contributed by atoms with Gasteiger partial charge in [0.1, 0.15) is 0 Å². The molecule has 0 saturated carbocycles. The van der Waals surface area contributed by atoms with Crippen molar-refractivity contribution in [3.05, 3.63) is 0 Å². The lowest BCUT2D eigenvalue weighted by Gasteiger charge is -2.05. The Morgan fingerprint density at radius 2 is 0.818 bits per heavy atom. The average molecular weight is 312 g/mol. The Balaban J connectivity index is 2.94. The van der Waals surface area contributed by atoms with Gasteiger partial charge in [-0.3, -0.25) is 0 Å². The molecule has 22 heavy (non-hydrogen) atoms. The van der Waals surface area contributed by atoms with E-state index in [2.05, 4.69) is 19.2 Å². The molecule has 0 radical (unpaired) electrons. The summed E-state index contributed by atoms with van der Waals surface area (Å²) in [4.78, 5) is 0. The largest absolute Gasteiger partial charge is 0.320 e. The summed E-state index contributed by atoms with van der Waals surface area (Å²) in [6.45, 7) is 5.87. The number of unbranched alkanes of at least 4 members (excludes halogenated alkanes) is 14. The van der Waals surface area contributed by atoms with Gasteiger partial charge < -0.3 is 5.32 Å². The zero-order chi connectivity index (χ0) is 16.3. The normalized spacial score (nSPS) is 11.5. The van der Waals surface area contributed by atoms with Gasteiger partial charge in [-0.25, -0.2) is 0 Å². The third-order valence-corrected chi connectivity index (χ3v) is 4.71. The lowest BCUT2D eigenvalue weighted by molar-refractivity contribution is 0.501. The second-order valence-corrected chi connectivity index (χ2v) is 7.59. The number of nitrogens with one attached hydrogen (secondary N) is 1. The van der Waals surface area contributed by atoms with Crippen LogP contribution in [0.4, 0.5) is 0 Å². The van der Waals surface area contributed by atoms with Crippen LogP contribution in [0.2, 0.25) is 0 Å². The highest BCUT2D eigenvalue weighted by molar-refractivity contribution is 4.51. The van der Waals surface area contributed by atoms with E-state index in [9.17, 15) is 0 Å². The third-order valence-electron chi connectivity index (χ3n) is 4.71. The molecule has 0 spiro atoms. The smallest absolute Gasteiger partial charge is 0.00519 e. The topological polar surface area (TPSA) is 12.0 Å². The van der Waals surface area contributed by atoms with Gasteiger partial charge in [-0.1, -0.05) is 110 Å². The molecule has 0 bridgehead atoms. The van der Waals surface area contributed by atoms with Crippen LogP contribution in [-0.2, 0) is 0 Å². The highest BCUT2D eigenvalue weighted by Crippen LogP contribution is 2.14. The first kappa shape index (κ1) is 22.0. The fraction of sp³-hybridized carbons (Fsp3) is 1.00. The van der Waals surface area contributed by atoms with Crippen molar-refractivity contribution in [1.29, 1.82) is 0 Å². The molecule has 0 aliphatic carbocycles. The summed E-state index contributed by atoms with van der Waals surface area (Å²) in [5.41, 5.74) is 0. The fourth-order valence-corrected chi connectivity index (χ4v) is 3.15. The monoisotopic (exact) mass is 311 g/mol. The Labute approximate surface area is 142 Å². The molecule has 134 valence electrons. The molecule has 0 unspecified atom stereocenters. The van der Waals surface area contributed by atoms with E-state index >= 15 is 0 Å². The molecule has 0 fully saturated rings. The van der Waals surface area contributed by atoms with Crippen molar-refractivity contribution in [3.8, 4) is 0 Å². The lowest BCUT2D eigenvalue weighted by Crippen LogP contribution is -2.06. The van der Waals surface area contributed by atoms with Crippen LogP contribution < -0.4 is 5.32 Å². The highest BCUT2D eigenvalue weighted by Gasteiger charge is 1.96. The van der Waals surface area contributed by atoms with E-state index in [0.717, 1.165) is 5.92 Å². The van der Waals surface area contributed by atoms with Crippen molar-refractivity contribution in [2.45, 2.75) is 117 Å². The van der Waals surface area contributed by atoms with Gasteiger partial charge in [0, 0.05) is 0 Å². The van der Waals surface area contributed by atoms with Crippen LogP contribution >= 0.6 is 0 Å². The third kappa shape index (κ3) is 20.0. The van der Waals surface area contributed by atoms with Crippen molar-refractivity contribution >= 4 is 0 Å². The average Bonchev–Trinajstić information content (AvgIpc) is 2.50. The summed E-state index contributed by atoms with van der Waals surface area (Å²) < 4.78 is 0. The van der Waals surface area contributed by atoms with Crippen molar-refractivity contribution in [2.24, 2.45) is 5.92 Å². The molecule has 0 aromatic carbocycles. The van der Waals surface area contributed by atoms with Crippen LogP contribution in [0.3, 0.4) is 0 Å². The van der Waals surface area contributed by atoms with Gasteiger partial charge in [-0.15, -0.1) is 0 Å². The molecule has 0 aliphatic heterocycles. The molecule has 0 saturated heterocycles. The summed E-state index contributed by atoms with van der Waals surface area (Å²) in [5, 5.41) is 3.22. The van der Waals surface area contributed by atoms with Crippen molar-refractivity contribution < 1.29 is 0 Å². The first-order valence-corrected chi connectivity index (χ1v) is 10.4. The molecule has 0 rings (SSSR count). The summed E-state index contributed by atoms with van der Waals surface area (Å²) >= 11 is 0. The number of rotatable bonds is 18. The van der Waals surface area contributed by atoms with E-state index in [-0.39, 0.29) is 0 Å². The molecule has 1 heteroatoms. The molecular weight excluding hydrogens is 266 g/mol. The Bertz CT molecular complexity index is 188. The first-order valence-electron chi connectivity index (χ1n) is 10.4. The first-order chi connectivity index (χ1) is 10.8. The number of hydrogen-bond donors (Lipinski definition) is 1. The minimum Gasteiger partial charge on any atom is -0.320 e. The van der Waals surface area contributed by atoms with Gasteiger partial charge in [0.05, 0.1) is 0 Å². The van der Waals surface area contributed by atoms with Gasteiger partial charge >= 0.3 is 0 Å². The summed E-state index contributed by atoms with van der Waals surface area (Å²) in [6.07, 6.45) is 23.3. The van der Waals surface area contributed by atoms with Gasteiger partial charge in [0.2, 0.25) is 0 Å². The van der Waals surface area contributed by atoms with Crippen LogP contribution in [-0.4, -0.2) is 13.6 Å². The zero-order valence-corrected chi connectivity index (χ0v) is 16.1. The van der Waals surface area contributed by atoms with E-state index in [1.807, 2.05) is 7.05 Å². The summed E-state index contributed by atoms with van der Waals surface area (Å²) in [7, 11) is 2.05. The summed E-state index contributed by atoms with van der Waals surface area (Å²) in [5.74, 6) is 0.897. The van der Waals surface area contributed by atoms with E-state index in [4.69, 9.17) is 0 Å². The molecule has 1 nitrogen and oxygen atoms in total. The maximum absolute atomic E-state index is 3.22. The van der Waals surface area contributed by atoms with E-state index < -0.39 is 0 Å². The van der Waals surface area contributed by atoms with Crippen molar-refractivity contribution in [2.75, 3.05) is 13.6 Å². The van der Waals surface area contributed by atoms with Crippen molar-refractivity contribution in [1.82, 2.24) is 5.32 Å². The molecule has 0 heterocycles. The van der Waals surface area contributed by atoms with E-state index in [1.54, 1.807) is 0 Å². The van der Waals surface area contributed by atoms with Crippen LogP contribution in [0.5, 0.6) is 0 Å². The molecule has 0 atom stereocenters. The molecule has 0 aromatic heterocycles. The predicted octanol–water partition coefficient (Wildman–Crippen LogP) is 7.10. The Morgan fingerprint density at radius 3 is 1.14 bits per heavy atom. The second kappa shape index (κ2) is 19.0. The van der Waals surface area contributed by atoms with E-state index in [0.29, 0.717) is 0 Å². The quantitative estimate of drug-likeness (QED) is 0.266. The minimum atomic E-state index is 0.897. The van der Waals surface area contributed by atoms with Crippen LogP contribution in [0, 0.1) is 5.92 Å². The van der Waals surface area contributed by atoms with E-state index in [1.165, 1.54) is 109 Å². The SMILES string of the molecule is CNCCCCCCCCCCCCCCCCCC(C)C. The van der Waals surface area contributed by atoms with Gasteiger partial charge in [-0.2, -0.15) is 0 Å². The standard InChI is InChI=1S/C21H45N/c1-21(2)19-17-15-13-11-9-7-5-4-6-8-10-12-14-16-18-20-22-3/h21-22H,4-20H2,1-3H3. The number of hydrogen-bond acceptors (Lipinski definition) is 1. The minimum absolute atomic E-state index is 0.897. The van der Waals surface area contributed by atoms with Gasteiger partial charge in [0.25, 0.3) is 0 Å². The highest BCUT2D eigenvalue weighted by atomic mass is 14.8.